The van der Waals surface area contributed by atoms with Crippen molar-refractivity contribution in [1.82, 2.24) is 0 Å². The molecular formula is C15H21N3O6. The number of carbonyl (C=O) groups excluding carboxylic acids is 1. The summed E-state index contributed by atoms with van der Waals surface area (Å²) in [4.78, 5) is 35.0. The van der Waals surface area contributed by atoms with Crippen LogP contribution in [0.5, 0.6) is 0 Å². The molecule has 132 valence electrons. The first-order valence-corrected chi connectivity index (χ1v) is 7.54. The average Bonchev–Trinajstić information content (AvgIpc) is 2.46. The van der Waals surface area contributed by atoms with Crippen molar-refractivity contribution < 1.29 is 19.4 Å². The highest BCUT2D eigenvalue weighted by molar-refractivity contribution is 5.94. The number of nitro groups is 2. The number of nitrogens with zero attached hydrogens (tertiary/aromatic N) is 3. The van der Waals surface area contributed by atoms with E-state index < -0.39 is 27.2 Å². The molecule has 0 spiro atoms. The number of esters is 1. The first-order valence-electron chi connectivity index (χ1n) is 7.54. The lowest BCUT2D eigenvalue weighted by Crippen LogP contribution is -2.38. The fraction of sp³-hybridized carbons (Fsp3) is 0.533. The van der Waals surface area contributed by atoms with Gasteiger partial charge in [-0.25, -0.2) is 4.79 Å². The van der Waals surface area contributed by atoms with E-state index in [-0.39, 0.29) is 29.9 Å². The van der Waals surface area contributed by atoms with Crippen LogP contribution in [-0.2, 0) is 4.74 Å². The molecule has 0 saturated heterocycles. The number of rotatable bonds is 7. The third-order valence-corrected chi connectivity index (χ3v) is 3.35. The lowest BCUT2D eigenvalue weighted by molar-refractivity contribution is -0.392. The van der Waals surface area contributed by atoms with Gasteiger partial charge in [-0.1, -0.05) is 0 Å². The summed E-state index contributed by atoms with van der Waals surface area (Å²) < 4.78 is 4.79. The van der Waals surface area contributed by atoms with Crippen LogP contribution in [0.15, 0.2) is 12.1 Å². The van der Waals surface area contributed by atoms with Crippen LogP contribution < -0.4 is 4.90 Å². The topological polar surface area (TPSA) is 116 Å². The molecule has 0 unspecified atom stereocenters. The Morgan fingerprint density at radius 3 is 1.79 bits per heavy atom. The SMILES string of the molecule is CCOC(=O)c1cc([N+](=O)[O-])c(N(C(C)C)C(C)C)c([N+](=O)[O-])c1. The summed E-state index contributed by atoms with van der Waals surface area (Å²) in [5, 5.41) is 23.0. The van der Waals surface area contributed by atoms with Crippen molar-refractivity contribution in [1.29, 1.82) is 0 Å². The summed E-state index contributed by atoms with van der Waals surface area (Å²) in [6, 6.07) is 1.63. The molecule has 0 amide bonds. The molecule has 1 aromatic carbocycles. The van der Waals surface area contributed by atoms with E-state index in [9.17, 15) is 25.0 Å². The van der Waals surface area contributed by atoms with Crippen LogP contribution >= 0.6 is 0 Å². The van der Waals surface area contributed by atoms with Gasteiger partial charge in [0.15, 0.2) is 5.69 Å². The van der Waals surface area contributed by atoms with E-state index >= 15 is 0 Å². The third kappa shape index (κ3) is 3.98. The Balaban J connectivity index is 3.76. The summed E-state index contributed by atoms with van der Waals surface area (Å²) >= 11 is 0. The molecule has 0 bridgehead atoms. The first kappa shape index (κ1) is 19.3. The zero-order valence-electron chi connectivity index (χ0n) is 14.3. The highest BCUT2D eigenvalue weighted by Gasteiger charge is 2.34. The number of carbonyl (C=O) groups is 1. The van der Waals surface area contributed by atoms with Gasteiger partial charge in [-0.3, -0.25) is 20.2 Å². The van der Waals surface area contributed by atoms with Crippen LogP contribution in [0.3, 0.4) is 0 Å². The van der Waals surface area contributed by atoms with Crippen molar-refractivity contribution in [2.24, 2.45) is 0 Å². The average molecular weight is 339 g/mol. The quantitative estimate of drug-likeness (QED) is 0.425. The number of hydrogen-bond donors (Lipinski definition) is 0. The van der Waals surface area contributed by atoms with Crippen LogP contribution in [0.4, 0.5) is 17.1 Å². The second-order valence-electron chi connectivity index (χ2n) is 5.69. The summed E-state index contributed by atoms with van der Waals surface area (Å²) in [7, 11) is 0. The first-order chi connectivity index (χ1) is 11.1. The van der Waals surface area contributed by atoms with Crippen LogP contribution in [-0.4, -0.2) is 34.5 Å². The van der Waals surface area contributed by atoms with Gasteiger partial charge >= 0.3 is 17.3 Å². The van der Waals surface area contributed by atoms with Gasteiger partial charge in [0.1, 0.15) is 0 Å². The fourth-order valence-electron chi connectivity index (χ4n) is 2.59. The Bertz CT molecular complexity index is 614. The van der Waals surface area contributed by atoms with Crippen LogP contribution in [0, 0.1) is 20.2 Å². The van der Waals surface area contributed by atoms with E-state index in [1.54, 1.807) is 39.5 Å². The molecule has 0 fully saturated rings. The fourth-order valence-corrected chi connectivity index (χ4v) is 2.59. The molecule has 0 atom stereocenters. The molecule has 1 aromatic rings. The van der Waals surface area contributed by atoms with Gasteiger partial charge in [0, 0.05) is 24.2 Å². The van der Waals surface area contributed by atoms with Crippen LogP contribution in [0.2, 0.25) is 0 Å². The second-order valence-corrected chi connectivity index (χ2v) is 5.69. The Hall–Kier alpha value is -2.71. The number of nitro benzene ring substituents is 2. The molecule has 9 nitrogen and oxygen atoms in total. The lowest BCUT2D eigenvalue weighted by Gasteiger charge is -2.32. The number of hydrogen-bond acceptors (Lipinski definition) is 7. The Morgan fingerprint density at radius 2 is 1.50 bits per heavy atom. The maximum atomic E-state index is 11.9. The van der Waals surface area contributed by atoms with Crippen molar-refractivity contribution in [2.75, 3.05) is 11.5 Å². The standard InChI is InChI=1S/C15H21N3O6/c1-6-24-15(19)11-7-12(17(20)21)14(13(8-11)18(22)23)16(9(2)3)10(4)5/h7-10H,6H2,1-5H3. The molecule has 0 aliphatic carbocycles. The number of anilines is 1. The Labute approximate surface area is 139 Å². The maximum absolute atomic E-state index is 11.9. The summed E-state index contributed by atoms with van der Waals surface area (Å²) in [6.45, 7) is 8.78. The minimum Gasteiger partial charge on any atom is -0.462 e. The summed E-state index contributed by atoms with van der Waals surface area (Å²) in [5.74, 6) is -0.837. The van der Waals surface area contributed by atoms with Crippen molar-refractivity contribution in [3.05, 3.63) is 37.9 Å². The number of ether oxygens (including phenoxy) is 1. The van der Waals surface area contributed by atoms with Gasteiger partial charge < -0.3 is 9.64 Å². The second kappa shape index (κ2) is 7.71. The largest absolute Gasteiger partial charge is 0.462 e. The van der Waals surface area contributed by atoms with E-state index in [2.05, 4.69) is 0 Å². The van der Waals surface area contributed by atoms with Crippen molar-refractivity contribution >= 4 is 23.0 Å². The predicted octanol–water partition coefficient (Wildman–Crippen LogP) is 3.30. The van der Waals surface area contributed by atoms with Gasteiger partial charge in [0.2, 0.25) is 0 Å². The highest BCUT2D eigenvalue weighted by Crippen LogP contribution is 2.40. The zero-order valence-corrected chi connectivity index (χ0v) is 14.3. The number of benzene rings is 1. The van der Waals surface area contributed by atoms with E-state index in [1.807, 2.05) is 0 Å². The Morgan fingerprint density at radius 1 is 1.08 bits per heavy atom. The maximum Gasteiger partial charge on any atom is 0.338 e. The van der Waals surface area contributed by atoms with Gasteiger partial charge in [0.05, 0.1) is 22.0 Å². The van der Waals surface area contributed by atoms with Gasteiger partial charge in [-0.15, -0.1) is 0 Å². The summed E-state index contributed by atoms with van der Waals surface area (Å²) in [6.07, 6.45) is 0. The molecule has 0 heterocycles. The van der Waals surface area contributed by atoms with Gasteiger partial charge in [-0.05, 0) is 34.6 Å². The van der Waals surface area contributed by atoms with E-state index in [1.165, 1.54) is 0 Å². The Kier molecular flexibility index (Phi) is 6.21. The third-order valence-electron chi connectivity index (χ3n) is 3.35. The molecule has 0 N–H and O–H groups in total. The highest BCUT2D eigenvalue weighted by atomic mass is 16.6. The molecule has 0 aromatic heterocycles. The monoisotopic (exact) mass is 339 g/mol. The molecule has 9 heteroatoms. The molecule has 0 aliphatic heterocycles. The smallest absolute Gasteiger partial charge is 0.338 e. The van der Waals surface area contributed by atoms with E-state index in [0.717, 1.165) is 12.1 Å². The van der Waals surface area contributed by atoms with Crippen molar-refractivity contribution in [3.8, 4) is 0 Å². The molecule has 0 aliphatic rings. The molecule has 0 saturated carbocycles. The van der Waals surface area contributed by atoms with E-state index in [0.29, 0.717) is 0 Å². The van der Waals surface area contributed by atoms with Crippen molar-refractivity contribution in [2.45, 2.75) is 46.7 Å². The summed E-state index contributed by atoms with van der Waals surface area (Å²) in [5.41, 5.74) is -1.31. The van der Waals surface area contributed by atoms with Gasteiger partial charge in [0.25, 0.3) is 0 Å². The molecule has 1 rings (SSSR count). The minimum absolute atomic E-state index is 0.0618. The van der Waals surface area contributed by atoms with Crippen molar-refractivity contribution in [3.63, 3.8) is 0 Å². The predicted molar refractivity (Wildman–Crippen MR) is 88.5 cm³/mol. The van der Waals surface area contributed by atoms with E-state index in [4.69, 9.17) is 4.74 Å². The normalized spacial score (nSPS) is 10.8. The molecular weight excluding hydrogens is 318 g/mol. The minimum atomic E-state index is -0.837. The van der Waals surface area contributed by atoms with Crippen LogP contribution in [0.1, 0.15) is 45.0 Å². The van der Waals surface area contributed by atoms with Gasteiger partial charge in [-0.2, -0.15) is 0 Å². The molecule has 24 heavy (non-hydrogen) atoms. The lowest BCUT2D eigenvalue weighted by atomic mass is 10.1. The molecule has 0 radical (unpaired) electrons. The zero-order chi connectivity index (χ0) is 18.6. The van der Waals surface area contributed by atoms with Crippen LogP contribution in [0.25, 0.3) is 0 Å².